The van der Waals surface area contributed by atoms with Crippen LogP contribution in [0.15, 0.2) is 54.6 Å². The zero-order valence-corrected chi connectivity index (χ0v) is 15.1. The highest BCUT2D eigenvalue weighted by Crippen LogP contribution is 2.26. The minimum absolute atomic E-state index is 0.0399. The van der Waals surface area contributed by atoms with Gasteiger partial charge in [-0.3, -0.25) is 9.69 Å². The average Bonchev–Trinajstić information content (AvgIpc) is 2.69. The summed E-state index contributed by atoms with van der Waals surface area (Å²) in [6.07, 6.45) is 0. The van der Waals surface area contributed by atoms with E-state index in [1.807, 2.05) is 25.1 Å². The molecule has 1 aliphatic heterocycles. The van der Waals surface area contributed by atoms with E-state index in [0.29, 0.717) is 0 Å². The normalized spacial score (nSPS) is 16.2. The van der Waals surface area contributed by atoms with Crippen molar-refractivity contribution in [1.82, 2.24) is 4.90 Å². The van der Waals surface area contributed by atoms with Crippen LogP contribution in [-0.4, -0.2) is 49.6 Å². The lowest BCUT2D eigenvalue weighted by molar-refractivity contribution is -0.120. The van der Waals surface area contributed by atoms with Crippen LogP contribution in [0.1, 0.15) is 6.92 Å². The SMILES string of the molecule is C[C@@H](C(=O)Nc1ccccc1OC(F)F)N1CCN(c2ccccc2)CC1. The molecule has 1 amide bonds. The van der Waals surface area contributed by atoms with E-state index in [4.69, 9.17) is 0 Å². The molecular weight excluding hydrogens is 352 g/mol. The summed E-state index contributed by atoms with van der Waals surface area (Å²) in [7, 11) is 0. The van der Waals surface area contributed by atoms with Gasteiger partial charge in [-0.25, -0.2) is 0 Å². The summed E-state index contributed by atoms with van der Waals surface area (Å²) in [4.78, 5) is 17.0. The van der Waals surface area contributed by atoms with Crippen LogP contribution in [0.5, 0.6) is 5.75 Å². The van der Waals surface area contributed by atoms with E-state index >= 15 is 0 Å². The maximum Gasteiger partial charge on any atom is 0.387 e. The molecule has 0 bridgehead atoms. The molecule has 5 nitrogen and oxygen atoms in total. The van der Waals surface area contributed by atoms with E-state index < -0.39 is 6.61 Å². The van der Waals surface area contributed by atoms with E-state index in [-0.39, 0.29) is 23.4 Å². The molecule has 7 heteroatoms. The first-order valence-corrected chi connectivity index (χ1v) is 8.93. The zero-order valence-electron chi connectivity index (χ0n) is 15.1. The fraction of sp³-hybridized carbons (Fsp3) is 0.350. The third kappa shape index (κ3) is 4.95. The van der Waals surface area contributed by atoms with Gasteiger partial charge in [0, 0.05) is 31.9 Å². The van der Waals surface area contributed by atoms with E-state index in [1.165, 1.54) is 11.8 Å². The number of para-hydroxylation sites is 3. The molecule has 0 radical (unpaired) electrons. The van der Waals surface area contributed by atoms with Crippen molar-refractivity contribution in [2.45, 2.75) is 19.6 Å². The van der Waals surface area contributed by atoms with Crippen molar-refractivity contribution >= 4 is 17.3 Å². The number of carbonyl (C=O) groups is 1. The number of amides is 1. The van der Waals surface area contributed by atoms with Crippen LogP contribution in [0.25, 0.3) is 0 Å². The van der Waals surface area contributed by atoms with Crippen LogP contribution in [0.4, 0.5) is 20.2 Å². The molecule has 0 aliphatic carbocycles. The molecule has 1 aliphatic rings. The van der Waals surface area contributed by atoms with Crippen LogP contribution in [0.3, 0.4) is 0 Å². The summed E-state index contributed by atoms with van der Waals surface area (Å²) in [5, 5.41) is 2.70. The Morgan fingerprint density at radius 1 is 1.00 bits per heavy atom. The number of alkyl halides is 2. The van der Waals surface area contributed by atoms with Gasteiger partial charge < -0.3 is 15.0 Å². The zero-order chi connectivity index (χ0) is 19.2. The highest BCUT2D eigenvalue weighted by Gasteiger charge is 2.26. The first kappa shape index (κ1) is 19.1. The van der Waals surface area contributed by atoms with Gasteiger partial charge in [-0.05, 0) is 31.2 Å². The lowest BCUT2D eigenvalue weighted by atomic mass is 10.2. The van der Waals surface area contributed by atoms with Gasteiger partial charge in [0.2, 0.25) is 5.91 Å². The minimum atomic E-state index is -2.94. The smallest absolute Gasteiger partial charge is 0.387 e. The first-order valence-electron chi connectivity index (χ1n) is 8.93. The monoisotopic (exact) mass is 375 g/mol. The lowest BCUT2D eigenvalue weighted by Gasteiger charge is -2.38. The quantitative estimate of drug-likeness (QED) is 0.840. The van der Waals surface area contributed by atoms with Crippen molar-refractivity contribution in [1.29, 1.82) is 0 Å². The number of hydrogen-bond donors (Lipinski definition) is 1. The van der Waals surface area contributed by atoms with Crippen molar-refractivity contribution in [3.63, 3.8) is 0 Å². The first-order chi connectivity index (χ1) is 13.0. The predicted octanol–water partition coefficient (Wildman–Crippen LogP) is 3.44. The van der Waals surface area contributed by atoms with Crippen molar-refractivity contribution < 1.29 is 18.3 Å². The van der Waals surface area contributed by atoms with Crippen LogP contribution < -0.4 is 15.0 Å². The Balaban J connectivity index is 1.57. The van der Waals surface area contributed by atoms with Gasteiger partial charge in [0.15, 0.2) is 0 Å². The third-order valence-corrected chi connectivity index (χ3v) is 4.72. The highest BCUT2D eigenvalue weighted by atomic mass is 19.3. The van der Waals surface area contributed by atoms with E-state index in [1.54, 1.807) is 18.2 Å². The molecule has 2 aromatic rings. The molecule has 1 fully saturated rings. The molecule has 2 aromatic carbocycles. The number of nitrogens with zero attached hydrogens (tertiary/aromatic N) is 2. The number of ether oxygens (including phenoxy) is 1. The topological polar surface area (TPSA) is 44.8 Å². The van der Waals surface area contributed by atoms with Crippen molar-refractivity contribution in [2.75, 3.05) is 36.4 Å². The Hall–Kier alpha value is -2.67. The highest BCUT2D eigenvalue weighted by molar-refractivity contribution is 5.95. The molecule has 27 heavy (non-hydrogen) atoms. The molecule has 1 N–H and O–H groups in total. The van der Waals surface area contributed by atoms with Crippen molar-refractivity contribution in [3.8, 4) is 5.75 Å². The number of nitrogens with one attached hydrogen (secondary N) is 1. The summed E-state index contributed by atoms with van der Waals surface area (Å²) < 4.78 is 29.5. The molecule has 1 atom stereocenters. The molecule has 0 saturated carbocycles. The van der Waals surface area contributed by atoms with Crippen molar-refractivity contribution in [2.24, 2.45) is 0 Å². The fourth-order valence-corrected chi connectivity index (χ4v) is 3.18. The van der Waals surface area contributed by atoms with Crippen LogP contribution in [0, 0.1) is 0 Å². The van der Waals surface area contributed by atoms with Gasteiger partial charge in [-0.15, -0.1) is 0 Å². The Morgan fingerprint density at radius 2 is 1.63 bits per heavy atom. The van der Waals surface area contributed by atoms with Crippen molar-refractivity contribution in [3.05, 3.63) is 54.6 Å². The average molecular weight is 375 g/mol. The second-order valence-corrected chi connectivity index (χ2v) is 6.40. The van der Waals surface area contributed by atoms with Gasteiger partial charge in [-0.2, -0.15) is 8.78 Å². The molecular formula is C20H23F2N3O2. The Labute approximate surface area is 157 Å². The standard InChI is InChI=1S/C20H23F2N3O2/c1-15(19(26)23-17-9-5-6-10-18(17)27-20(21)22)24-11-13-25(14-12-24)16-7-3-2-4-8-16/h2-10,15,20H,11-14H2,1H3,(H,23,26)/t15-/m0/s1. The second-order valence-electron chi connectivity index (χ2n) is 6.40. The maximum atomic E-state index is 12.6. The van der Waals surface area contributed by atoms with E-state index in [0.717, 1.165) is 26.2 Å². The van der Waals surface area contributed by atoms with Crippen LogP contribution >= 0.6 is 0 Å². The van der Waals surface area contributed by atoms with Gasteiger partial charge in [0.25, 0.3) is 0 Å². The molecule has 1 saturated heterocycles. The van der Waals surface area contributed by atoms with E-state index in [2.05, 4.69) is 32.0 Å². The number of halogens is 2. The number of anilines is 2. The summed E-state index contributed by atoms with van der Waals surface area (Å²) in [5.41, 5.74) is 1.42. The Kier molecular flexibility index (Phi) is 6.24. The van der Waals surface area contributed by atoms with Gasteiger partial charge in [0.05, 0.1) is 11.7 Å². The van der Waals surface area contributed by atoms with Gasteiger partial charge >= 0.3 is 6.61 Å². The van der Waals surface area contributed by atoms with Crippen LogP contribution in [-0.2, 0) is 4.79 Å². The predicted molar refractivity (Wildman–Crippen MR) is 101 cm³/mol. The number of hydrogen-bond acceptors (Lipinski definition) is 4. The Bertz CT molecular complexity index is 750. The summed E-state index contributed by atoms with van der Waals surface area (Å²) in [5.74, 6) is -0.282. The largest absolute Gasteiger partial charge is 0.433 e. The molecule has 0 unspecified atom stereocenters. The van der Waals surface area contributed by atoms with E-state index in [9.17, 15) is 13.6 Å². The van der Waals surface area contributed by atoms with Gasteiger partial charge in [0.1, 0.15) is 5.75 Å². The number of carbonyl (C=O) groups excluding carboxylic acids is 1. The maximum absolute atomic E-state index is 12.6. The second kappa shape index (κ2) is 8.81. The minimum Gasteiger partial charge on any atom is -0.433 e. The Morgan fingerprint density at radius 3 is 2.30 bits per heavy atom. The molecule has 0 aromatic heterocycles. The molecule has 1 heterocycles. The summed E-state index contributed by atoms with van der Waals surface area (Å²) in [6.45, 7) is 2.03. The molecule has 3 rings (SSSR count). The summed E-state index contributed by atoms with van der Waals surface area (Å²) >= 11 is 0. The number of benzene rings is 2. The fourth-order valence-electron chi connectivity index (χ4n) is 3.18. The number of rotatable bonds is 6. The van der Waals surface area contributed by atoms with Crippen LogP contribution in [0.2, 0.25) is 0 Å². The molecule has 144 valence electrons. The van der Waals surface area contributed by atoms with Gasteiger partial charge in [-0.1, -0.05) is 30.3 Å². The summed E-state index contributed by atoms with van der Waals surface area (Å²) in [6, 6.07) is 16.0. The third-order valence-electron chi connectivity index (χ3n) is 4.72. The number of piperazine rings is 1. The lowest BCUT2D eigenvalue weighted by Crippen LogP contribution is -2.52. The molecule has 0 spiro atoms.